The highest BCUT2D eigenvalue weighted by Gasteiger charge is 2.19. The van der Waals surface area contributed by atoms with Crippen molar-refractivity contribution in [2.45, 2.75) is 39.7 Å². The first-order chi connectivity index (χ1) is 6.05. The van der Waals surface area contributed by atoms with E-state index < -0.39 is 0 Å². The van der Waals surface area contributed by atoms with Crippen LogP contribution in [-0.4, -0.2) is 16.7 Å². The average molecular weight is 181 g/mol. The molecule has 0 amide bonds. The molecule has 1 aromatic rings. The molecule has 0 bridgehead atoms. The second-order valence-corrected chi connectivity index (χ2v) is 4.30. The van der Waals surface area contributed by atoms with Crippen LogP contribution >= 0.6 is 0 Å². The van der Waals surface area contributed by atoms with E-state index in [9.17, 15) is 0 Å². The van der Waals surface area contributed by atoms with Crippen LogP contribution in [0.3, 0.4) is 0 Å². The Morgan fingerprint density at radius 3 is 2.69 bits per heavy atom. The van der Waals surface area contributed by atoms with E-state index in [1.165, 1.54) is 11.3 Å². The molecule has 0 aliphatic rings. The molecule has 0 atom stereocenters. The lowest BCUT2D eigenvalue weighted by molar-refractivity contribution is 0.555. The summed E-state index contributed by atoms with van der Waals surface area (Å²) in [5.41, 5.74) is 2.66. The second-order valence-electron chi connectivity index (χ2n) is 4.30. The summed E-state index contributed by atoms with van der Waals surface area (Å²) in [5.74, 6) is 0. The molecule has 0 unspecified atom stereocenters. The Morgan fingerprint density at radius 2 is 2.15 bits per heavy atom. The molecular formula is C10H19N3. The molecule has 0 aliphatic carbocycles. The van der Waals surface area contributed by atoms with Gasteiger partial charge in [0.2, 0.25) is 0 Å². The summed E-state index contributed by atoms with van der Waals surface area (Å²) in [6, 6.07) is 0. The van der Waals surface area contributed by atoms with Crippen LogP contribution in [0.4, 0.5) is 0 Å². The van der Waals surface area contributed by atoms with Gasteiger partial charge in [0.05, 0.1) is 6.20 Å². The fraction of sp³-hybridized carbons (Fsp3) is 0.700. The number of nitrogens with one attached hydrogen (secondary N) is 2. The minimum Gasteiger partial charge on any atom is -0.313 e. The Balaban J connectivity index is 2.77. The molecular weight excluding hydrogens is 162 g/mol. The van der Waals surface area contributed by atoms with Gasteiger partial charge in [0.1, 0.15) is 0 Å². The Hall–Kier alpha value is -0.830. The van der Waals surface area contributed by atoms with Gasteiger partial charge in [-0.1, -0.05) is 27.7 Å². The van der Waals surface area contributed by atoms with Crippen LogP contribution in [0, 0.1) is 0 Å². The summed E-state index contributed by atoms with van der Waals surface area (Å²) in [6.07, 6.45) is 1.91. The first-order valence-corrected chi connectivity index (χ1v) is 4.79. The van der Waals surface area contributed by atoms with E-state index in [2.05, 4.69) is 43.2 Å². The molecule has 0 saturated heterocycles. The summed E-state index contributed by atoms with van der Waals surface area (Å²) in [5, 5.41) is 10.4. The fourth-order valence-electron chi connectivity index (χ4n) is 1.35. The van der Waals surface area contributed by atoms with Gasteiger partial charge in [0.25, 0.3) is 0 Å². The van der Waals surface area contributed by atoms with Crippen LogP contribution in [-0.2, 0) is 12.0 Å². The lowest BCUT2D eigenvalue weighted by Gasteiger charge is -2.18. The number of rotatable bonds is 3. The Kier molecular flexibility index (Phi) is 3.09. The van der Waals surface area contributed by atoms with Crippen molar-refractivity contribution in [1.29, 1.82) is 0 Å². The van der Waals surface area contributed by atoms with Crippen LogP contribution in [0.5, 0.6) is 0 Å². The van der Waals surface area contributed by atoms with Gasteiger partial charge in [0, 0.05) is 23.2 Å². The zero-order valence-electron chi connectivity index (χ0n) is 8.94. The lowest BCUT2D eigenvalue weighted by Crippen LogP contribution is -2.18. The molecule has 0 aromatic carbocycles. The van der Waals surface area contributed by atoms with Crippen LogP contribution in [0.15, 0.2) is 6.20 Å². The zero-order chi connectivity index (χ0) is 9.90. The number of nitrogens with zero attached hydrogens (tertiary/aromatic N) is 1. The normalized spacial score (nSPS) is 12.0. The predicted octanol–water partition coefficient (Wildman–Crippen LogP) is 1.82. The van der Waals surface area contributed by atoms with Gasteiger partial charge >= 0.3 is 0 Å². The molecule has 0 fully saturated rings. The average Bonchev–Trinajstić information content (AvgIpc) is 2.47. The molecule has 3 nitrogen and oxygen atoms in total. The highest BCUT2D eigenvalue weighted by atomic mass is 15.1. The topological polar surface area (TPSA) is 40.7 Å². The van der Waals surface area contributed by atoms with E-state index in [0.29, 0.717) is 0 Å². The van der Waals surface area contributed by atoms with Crippen molar-refractivity contribution in [3.05, 3.63) is 17.5 Å². The number of aromatic nitrogens is 2. The van der Waals surface area contributed by atoms with Crippen LogP contribution < -0.4 is 5.32 Å². The SMILES string of the molecule is CCNCc1cn[nH]c1C(C)(C)C. The Labute approximate surface area is 79.9 Å². The molecule has 3 heteroatoms. The van der Waals surface area contributed by atoms with Crippen LogP contribution in [0.1, 0.15) is 39.0 Å². The Bertz CT molecular complexity index is 257. The second kappa shape index (κ2) is 3.92. The highest BCUT2D eigenvalue weighted by Crippen LogP contribution is 2.22. The van der Waals surface area contributed by atoms with Crippen molar-refractivity contribution in [3.63, 3.8) is 0 Å². The number of hydrogen-bond acceptors (Lipinski definition) is 2. The molecule has 13 heavy (non-hydrogen) atoms. The van der Waals surface area contributed by atoms with Crippen molar-refractivity contribution in [2.24, 2.45) is 0 Å². The summed E-state index contributed by atoms with van der Waals surface area (Å²) < 4.78 is 0. The Morgan fingerprint density at radius 1 is 1.46 bits per heavy atom. The van der Waals surface area contributed by atoms with E-state index in [4.69, 9.17) is 0 Å². The van der Waals surface area contributed by atoms with Crippen molar-refractivity contribution >= 4 is 0 Å². The van der Waals surface area contributed by atoms with E-state index in [1.54, 1.807) is 0 Å². The van der Waals surface area contributed by atoms with Gasteiger partial charge in [0.15, 0.2) is 0 Å². The zero-order valence-corrected chi connectivity index (χ0v) is 8.94. The summed E-state index contributed by atoms with van der Waals surface area (Å²) in [7, 11) is 0. The van der Waals surface area contributed by atoms with Gasteiger partial charge in [-0.2, -0.15) is 5.10 Å². The van der Waals surface area contributed by atoms with Gasteiger partial charge in [-0.25, -0.2) is 0 Å². The van der Waals surface area contributed by atoms with Crippen molar-refractivity contribution in [1.82, 2.24) is 15.5 Å². The van der Waals surface area contributed by atoms with Crippen LogP contribution in [0.2, 0.25) is 0 Å². The van der Waals surface area contributed by atoms with Crippen molar-refractivity contribution in [3.8, 4) is 0 Å². The van der Waals surface area contributed by atoms with E-state index in [0.717, 1.165) is 13.1 Å². The third-order valence-electron chi connectivity index (χ3n) is 2.03. The number of H-pyrrole nitrogens is 1. The molecule has 0 saturated carbocycles. The predicted molar refractivity (Wildman–Crippen MR) is 54.7 cm³/mol. The maximum absolute atomic E-state index is 4.08. The van der Waals surface area contributed by atoms with E-state index >= 15 is 0 Å². The molecule has 1 heterocycles. The molecule has 0 spiro atoms. The number of aromatic amines is 1. The highest BCUT2D eigenvalue weighted by molar-refractivity contribution is 5.23. The maximum Gasteiger partial charge on any atom is 0.0535 e. The van der Waals surface area contributed by atoms with Crippen LogP contribution in [0.25, 0.3) is 0 Å². The number of hydrogen-bond donors (Lipinski definition) is 2. The third kappa shape index (κ3) is 2.56. The summed E-state index contributed by atoms with van der Waals surface area (Å²) in [4.78, 5) is 0. The lowest BCUT2D eigenvalue weighted by atomic mass is 9.89. The molecule has 1 rings (SSSR count). The maximum atomic E-state index is 4.08. The van der Waals surface area contributed by atoms with Gasteiger partial charge in [-0.15, -0.1) is 0 Å². The minimum absolute atomic E-state index is 0.154. The third-order valence-corrected chi connectivity index (χ3v) is 2.03. The first kappa shape index (κ1) is 10.3. The largest absolute Gasteiger partial charge is 0.313 e. The summed E-state index contributed by atoms with van der Waals surface area (Å²) >= 11 is 0. The van der Waals surface area contributed by atoms with Crippen molar-refractivity contribution < 1.29 is 0 Å². The minimum atomic E-state index is 0.154. The first-order valence-electron chi connectivity index (χ1n) is 4.79. The smallest absolute Gasteiger partial charge is 0.0535 e. The van der Waals surface area contributed by atoms with Crippen molar-refractivity contribution in [2.75, 3.05) is 6.54 Å². The quantitative estimate of drug-likeness (QED) is 0.746. The molecule has 0 aliphatic heterocycles. The van der Waals surface area contributed by atoms with E-state index in [-0.39, 0.29) is 5.41 Å². The monoisotopic (exact) mass is 181 g/mol. The summed E-state index contributed by atoms with van der Waals surface area (Å²) in [6.45, 7) is 10.6. The standard InChI is InChI=1S/C10H19N3/c1-5-11-6-8-7-12-13-9(8)10(2,3)4/h7,11H,5-6H2,1-4H3,(H,12,13). The van der Waals surface area contributed by atoms with E-state index in [1.807, 2.05) is 6.20 Å². The fourth-order valence-corrected chi connectivity index (χ4v) is 1.35. The molecule has 2 N–H and O–H groups in total. The molecule has 74 valence electrons. The van der Waals surface area contributed by atoms with Gasteiger partial charge in [-0.3, -0.25) is 5.10 Å². The van der Waals surface area contributed by atoms with Gasteiger partial charge in [-0.05, 0) is 6.54 Å². The van der Waals surface area contributed by atoms with Gasteiger partial charge < -0.3 is 5.32 Å². The molecule has 0 radical (unpaired) electrons. The molecule has 1 aromatic heterocycles.